The van der Waals surface area contributed by atoms with Crippen LogP contribution in [0.4, 0.5) is 0 Å². The Labute approximate surface area is 189 Å². The summed E-state index contributed by atoms with van der Waals surface area (Å²) in [7, 11) is 7.16. The summed E-state index contributed by atoms with van der Waals surface area (Å²) in [5.74, 6) is 1.08. The van der Waals surface area contributed by atoms with Crippen LogP contribution >= 0.6 is 0 Å². The molecule has 4 rings (SSSR count). The van der Waals surface area contributed by atoms with Crippen molar-refractivity contribution in [1.82, 2.24) is 19.7 Å². The van der Waals surface area contributed by atoms with E-state index in [1.165, 1.54) is 0 Å². The summed E-state index contributed by atoms with van der Waals surface area (Å²) in [5.41, 5.74) is 0.318. The number of amides is 2. The molecule has 2 heterocycles. The number of carbonyl (C=O) groups excluding carboxylic acids is 2. The molecule has 1 N–H and O–H groups in total. The molecule has 1 aromatic heterocycles. The predicted octanol–water partition coefficient (Wildman–Crippen LogP) is 2.49. The summed E-state index contributed by atoms with van der Waals surface area (Å²) >= 11 is 0. The Morgan fingerprint density at radius 1 is 1.19 bits per heavy atom. The maximum absolute atomic E-state index is 13.8. The van der Waals surface area contributed by atoms with E-state index in [0.29, 0.717) is 36.8 Å². The fraction of sp³-hybridized carbons (Fsp3) is 0.583. The molecule has 1 atom stereocenters. The number of aromatic nitrogens is 1. The zero-order chi connectivity index (χ0) is 23.0. The summed E-state index contributed by atoms with van der Waals surface area (Å²) in [6, 6.07) is 5.72. The molecule has 2 aliphatic rings. The van der Waals surface area contributed by atoms with Gasteiger partial charge in [-0.1, -0.05) is 12.8 Å². The van der Waals surface area contributed by atoms with Gasteiger partial charge in [-0.15, -0.1) is 0 Å². The first-order chi connectivity index (χ1) is 15.3. The SMILES string of the molecule is COc1ccc(OC)c2c1cc1n2C[C@](C)(C(=O)NC2CCCC2)N(CCN(C)C)C1=O. The average Bonchev–Trinajstić information content (AvgIpc) is 3.41. The zero-order valence-corrected chi connectivity index (χ0v) is 19.7. The van der Waals surface area contributed by atoms with Crippen LogP contribution in [0, 0.1) is 0 Å². The molecule has 2 aromatic rings. The number of hydrogen-bond donors (Lipinski definition) is 1. The van der Waals surface area contributed by atoms with Gasteiger partial charge in [-0.3, -0.25) is 9.59 Å². The van der Waals surface area contributed by atoms with Crippen LogP contribution < -0.4 is 14.8 Å². The number of carbonyl (C=O) groups is 2. The van der Waals surface area contributed by atoms with Gasteiger partial charge in [0.05, 0.1) is 26.3 Å². The summed E-state index contributed by atoms with van der Waals surface area (Å²) in [6.07, 6.45) is 4.26. The van der Waals surface area contributed by atoms with Crippen molar-refractivity contribution in [3.05, 3.63) is 23.9 Å². The largest absolute Gasteiger partial charge is 0.496 e. The van der Waals surface area contributed by atoms with Crippen LogP contribution in [-0.2, 0) is 11.3 Å². The van der Waals surface area contributed by atoms with Gasteiger partial charge in [0, 0.05) is 24.5 Å². The second kappa shape index (κ2) is 8.65. The van der Waals surface area contributed by atoms with Crippen molar-refractivity contribution < 1.29 is 19.1 Å². The second-order valence-electron chi connectivity index (χ2n) is 9.34. The van der Waals surface area contributed by atoms with Crippen molar-refractivity contribution in [2.75, 3.05) is 41.4 Å². The Kier molecular flexibility index (Phi) is 6.07. The summed E-state index contributed by atoms with van der Waals surface area (Å²) in [6.45, 7) is 3.38. The number of likely N-dealkylation sites (N-methyl/N-ethyl adjacent to an activating group) is 1. The van der Waals surface area contributed by atoms with Crippen molar-refractivity contribution in [3.8, 4) is 11.5 Å². The Morgan fingerprint density at radius 3 is 2.47 bits per heavy atom. The van der Waals surface area contributed by atoms with Gasteiger partial charge in [0.25, 0.3) is 5.91 Å². The maximum Gasteiger partial charge on any atom is 0.271 e. The molecular weight excluding hydrogens is 408 g/mol. The van der Waals surface area contributed by atoms with E-state index in [-0.39, 0.29) is 17.9 Å². The molecule has 0 saturated heterocycles. The summed E-state index contributed by atoms with van der Waals surface area (Å²) in [4.78, 5) is 31.2. The summed E-state index contributed by atoms with van der Waals surface area (Å²) < 4.78 is 13.1. The molecule has 174 valence electrons. The van der Waals surface area contributed by atoms with E-state index >= 15 is 0 Å². The van der Waals surface area contributed by atoms with Crippen LogP contribution in [0.3, 0.4) is 0 Å². The van der Waals surface area contributed by atoms with Crippen LogP contribution in [0.2, 0.25) is 0 Å². The van der Waals surface area contributed by atoms with E-state index in [0.717, 1.165) is 36.6 Å². The van der Waals surface area contributed by atoms with Crippen LogP contribution in [-0.4, -0.2) is 79.2 Å². The van der Waals surface area contributed by atoms with E-state index in [4.69, 9.17) is 9.47 Å². The molecule has 1 fully saturated rings. The minimum atomic E-state index is -1.01. The number of rotatable bonds is 7. The van der Waals surface area contributed by atoms with Crippen LogP contribution in [0.5, 0.6) is 11.5 Å². The molecule has 0 unspecified atom stereocenters. The lowest BCUT2D eigenvalue weighted by Gasteiger charge is -2.45. The molecule has 1 saturated carbocycles. The van der Waals surface area contributed by atoms with Crippen molar-refractivity contribution in [2.24, 2.45) is 0 Å². The highest BCUT2D eigenvalue weighted by Crippen LogP contribution is 2.40. The van der Waals surface area contributed by atoms with Gasteiger partial charge < -0.3 is 29.2 Å². The van der Waals surface area contributed by atoms with E-state index in [9.17, 15) is 9.59 Å². The van der Waals surface area contributed by atoms with Gasteiger partial charge in [-0.05, 0) is 52.1 Å². The van der Waals surface area contributed by atoms with E-state index in [2.05, 4.69) is 5.32 Å². The third kappa shape index (κ3) is 3.70. The Balaban J connectivity index is 1.82. The number of fused-ring (bicyclic) bond motifs is 3. The fourth-order valence-electron chi connectivity index (χ4n) is 5.02. The molecule has 1 aromatic carbocycles. The molecule has 0 spiro atoms. The monoisotopic (exact) mass is 442 g/mol. The molecule has 8 heteroatoms. The highest BCUT2D eigenvalue weighted by atomic mass is 16.5. The fourth-order valence-corrected chi connectivity index (χ4v) is 5.02. The third-order valence-electron chi connectivity index (χ3n) is 6.90. The number of ether oxygens (including phenoxy) is 2. The second-order valence-corrected chi connectivity index (χ2v) is 9.34. The normalized spacial score (nSPS) is 21.3. The van der Waals surface area contributed by atoms with Gasteiger partial charge in [0.15, 0.2) is 0 Å². The Morgan fingerprint density at radius 2 is 1.84 bits per heavy atom. The highest BCUT2D eigenvalue weighted by Gasteiger charge is 2.48. The van der Waals surface area contributed by atoms with Crippen LogP contribution in [0.25, 0.3) is 10.9 Å². The van der Waals surface area contributed by atoms with Gasteiger partial charge >= 0.3 is 0 Å². The van der Waals surface area contributed by atoms with Gasteiger partial charge in [0.2, 0.25) is 5.91 Å². The van der Waals surface area contributed by atoms with Crippen LogP contribution in [0.15, 0.2) is 18.2 Å². The number of nitrogens with one attached hydrogen (secondary N) is 1. The first kappa shape index (κ1) is 22.5. The quantitative estimate of drug-likeness (QED) is 0.713. The van der Waals surface area contributed by atoms with Crippen LogP contribution in [0.1, 0.15) is 43.1 Å². The topological polar surface area (TPSA) is 76.0 Å². The van der Waals surface area contributed by atoms with Crippen molar-refractivity contribution >= 4 is 22.7 Å². The Hall–Kier alpha value is -2.74. The molecule has 0 radical (unpaired) electrons. The molecule has 8 nitrogen and oxygen atoms in total. The van der Waals surface area contributed by atoms with Gasteiger partial charge in [-0.25, -0.2) is 0 Å². The minimum absolute atomic E-state index is 0.0918. The van der Waals surface area contributed by atoms with E-state index in [1.807, 2.05) is 48.7 Å². The lowest BCUT2D eigenvalue weighted by Crippen LogP contribution is -2.65. The molecule has 32 heavy (non-hydrogen) atoms. The lowest BCUT2D eigenvalue weighted by atomic mass is 9.94. The van der Waals surface area contributed by atoms with E-state index < -0.39 is 5.54 Å². The van der Waals surface area contributed by atoms with Gasteiger partial charge in [0.1, 0.15) is 22.7 Å². The number of hydrogen-bond acceptors (Lipinski definition) is 5. The minimum Gasteiger partial charge on any atom is -0.496 e. The highest BCUT2D eigenvalue weighted by molar-refractivity contribution is 6.05. The molecule has 1 aliphatic heterocycles. The number of methoxy groups -OCH3 is 2. The predicted molar refractivity (Wildman–Crippen MR) is 123 cm³/mol. The standard InChI is InChI=1S/C24H34N4O4/c1-24(23(30)25-16-8-6-7-9-16)15-27-18(22(29)28(24)13-12-26(2)3)14-17-19(31-4)10-11-20(32-5)21(17)27/h10-11,14,16H,6-9,12-13,15H2,1-5H3,(H,25,30)/t24-/m1/s1. The zero-order valence-electron chi connectivity index (χ0n) is 19.7. The third-order valence-corrected chi connectivity index (χ3v) is 6.90. The van der Waals surface area contributed by atoms with Crippen molar-refractivity contribution in [1.29, 1.82) is 0 Å². The molecule has 2 amide bonds. The first-order valence-corrected chi connectivity index (χ1v) is 11.3. The van der Waals surface area contributed by atoms with Crippen molar-refractivity contribution in [2.45, 2.75) is 50.7 Å². The smallest absolute Gasteiger partial charge is 0.271 e. The summed E-state index contributed by atoms with van der Waals surface area (Å²) in [5, 5.41) is 4.04. The number of nitrogens with zero attached hydrogens (tertiary/aromatic N) is 3. The Bertz CT molecular complexity index is 1020. The first-order valence-electron chi connectivity index (χ1n) is 11.3. The van der Waals surface area contributed by atoms with Gasteiger partial charge in [-0.2, -0.15) is 0 Å². The van der Waals surface area contributed by atoms with E-state index in [1.54, 1.807) is 19.1 Å². The number of benzene rings is 1. The lowest BCUT2D eigenvalue weighted by molar-refractivity contribution is -0.133. The maximum atomic E-state index is 13.8. The molecule has 1 aliphatic carbocycles. The molecule has 0 bridgehead atoms. The average molecular weight is 443 g/mol. The molecular formula is C24H34N4O4. The van der Waals surface area contributed by atoms with Crippen molar-refractivity contribution in [3.63, 3.8) is 0 Å².